The number of aromatic nitrogens is 2. The number of carbonyl (C=O) groups is 1. The lowest BCUT2D eigenvalue weighted by Gasteiger charge is -2.08. The number of amides is 1. The maximum Gasteiger partial charge on any atom is 0.260 e. The number of carbonyl (C=O) groups excluding carboxylic acids is 1. The first-order valence-corrected chi connectivity index (χ1v) is 7.42. The third kappa shape index (κ3) is 3.03. The summed E-state index contributed by atoms with van der Waals surface area (Å²) in [6.07, 6.45) is 1.59. The smallest absolute Gasteiger partial charge is 0.260 e. The molecule has 1 N–H and O–H groups in total. The number of hydrogen-bond acceptors (Lipinski definition) is 4. The highest BCUT2D eigenvalue weighted by Crippen LogP contribution is 2.23. The maximum absolute atomic E-state index is 13.8. The molecule has 5 nitrogen and oxygen atoms in total. The summed E-state index contributed by atoms with van der Waals surface area (Å²) >= 11 is 0. The van der Waals surface area contributed by atoms with Crippen LogP contribution in [-0.4, -0.2) is 15.9 Å². The minimum absolute atomic E-state index is 0.0198. The van der Waals surface area contributed by atoms with Gasteiger partial charge >= 0.3 is 0 Å². The molecule has 0 aliphatic carbocycles. The van der Waals surface area contributed by atoms with E-state index in [9.17, 15) is 9.18 Å². The van der Waals surface area contributed by atoms with E-state index in [1.807, 2.05) is 6.92 Å². The van der Waals surface area contributed by atoms with Gasteiger partial charge in [0.25, 0.3) is 5.91 Å². The van der Waals surface area contributed by atoms with E-state index in [0.29, 0.717) is 28.7 Å². The van der Waals surface area contributed by atoms with E-state index in [1.165, 1.54) is 6.07 Å². The number of aryl methyl sites for hydroxylation is 3. The first-order valence-electron chi connectivity index (χ1n) is 7.42. The highest BCUT2D eigenvalue weighted by molar-refractivity contribution is 6.05. The first kappa shape index (κ1) is 15.9. The fourth-order valence-corrected chi connectivity index (χ4v) is 2.50. The van der Waals surface area contributed by atoms with Crippen molar-refractivity contribution in [2.24, 2.45) is 0 Å². The number of anilines is 1. The fourth-order valence-electron chi connectivity index (χ4n) is 2.50. The van der Waals surface area contributed by atoms with Gasteiger partial charge in [0.05, 0.1) is 5.56 Å². The van der Waals surface area contributed by atoms with E-state index in [0.717, 1.165) is 5.56 Å². The Morgan fingerprint density at radius 3 is 2.54 bits per heavy atom. The van der Waals surface area contributed by atoms with Crippen LogP contribution >= 0.6 is 0 Å². The molecule has 0 atom stereocenters. The van der Waals surface area contributed by atoms with Crippen LogP contribution in [0.1, 0.15) is 27.6 Å². The molecule has 6 heteroatoms. The summed E-state index contributed by atoms with van der Waals surface area (Å²) in [5.74, 6) is 0.532. The number of rotatable bonds is 3. The Labute approximate surface area is 138 Å². The maximum atomic E-state index is 13.8. The zero-order valence-electron chi connectivity index (χ0n) is 13.6. The van der Waals surface area contributed by atoms with Crippen LogP contribution in [0.4, 0.5) is 10.2 Å². The van der Waals surface area contributed by atoms with Crippen molar-refractivity contribution in [1.29, 1.82) is 0 Å². The van der Waals surface area contributed by atoms with Crippen molar-refractivity contribution in [2.75, 3.05) is 5.32 Å². The summed E-state index contributed by atoms with van der Waals surface area (Å²) in [6.45, 7) is 5.28. The van der Waals surface area contributed by atoms with Crippen LogP contribution in [0.5, 0.6) is 0 Å². The van der Waals surface area contributed by atoms with Gasteiger partial charge in [-0.25, -0.2) is 14.4 Å². The largest absolute Gasteiger partial charge is 0.446 e. The minimum atomic E-state index is -0.558. The zero-order chi connectivity index (χ0) is 17.3. The molecule has 24 heavy (non-hydrogen) atoms. The van der Waals surface area contributed by atoms with Crippen LogP contribution < -0.4 is 5.32 Å². The summed E-state index contributed by atoms with van der Waals surface area (Å²) in [5.41, 5.74) is 2.08. The molecule has 0 unspecified atom stereocenters. The average Bonchev–Trinajstić information content (AvgIpc) is 2.86. The molecule has 0 radical (unpaired) electrons. The lowest BCUT2D eigenvalue weighted by atomic mass is 10.1. The molecule has 0 aliphatic heterocycles. The summed E-state index contributed by atoms with van der Waals surface area (Å²) in [5, 5.41) is 2.60. The van der Waals surface area contributed by atoms with Crippen molar-refractivity contribution in [3.05, 3.63) is 65.1 Å². The first-order chi connectivity index (χ1) is 11.5. The quantitative estimate of drug-likeness (QED) is 0.788. The molecule has 3 aromatic rings. The predicted molar refractivity (Wildman–Crippen MR) is 88.3 cm³/mol. The molecule has 0 fully saturated rings. The molecule has 0 bridgehead atoms. The van der Waals surface area contributed by atoms with Gasteiger partial charge in [0.2, 0.25) is 0 Å². The van der Waals surface area contributed by atoms with Crippen LogP contribution in [0.3, 0.4) is 0 Å². The molecule has 0 saturated heterocycles. The second-order valence-corrected chi connectivity index (χ2v) is 5.46. The van der Waals surface area contributed by atoms with Crippen LogP contribution in [-0.2, 0) is 0 Å². The van der Waals surface area contributed by atoms with Crippen LogP contribution in [0, 0.1) is 26.6 Å². The van der Waals surface area contributed by atoms with Gasteiger partial charge in [-0.15, -0.1) is 0 Å². The Hall–Kier alpha value is -3.02. The number of halogens is 1. The third-order valence-corrected chi connectivity index (χ3v) is 3.63. The summed E-state index contributed by atoms with van der Waals surface area (Å²) in [7, 11) is 0. The third-order valence-electron chi connectivity index (χ3n) is 3.63. The van der Waals surface area contributed by atoms with Gasteiger partial charge in [0.15, 0.2) is 5.89 Å². The number of pyridine rings is 1. The average molecular weight is 325 g/mol. The van der Waals surface area contributed by atoms with Gasteiger partial charge in [-0.2, -0.15) is 0 Å². The van der Waals surface area contributed by atoms with E-state index in [2.05, 4.69) is 15.3 Å². The molecule has 122 valence electrons. The van der Waals surface area contributed by atoms with E-state index in [4.69, 9.17) is 4.42 Å². The predicted octanol–water partition coefficient (Wildman–Crippen LogP) is 4.05. The number of oxazole rings is 1. The Kier molecular flexibility index (Phi) is 4.12. The van der Waals surface area contributed by atoms with Crippen LogP contribution in [0.25, 0.3) is 11.3 Å². The van der Waals surface area contributed by atoms with E-state index >= 15 is 0 Å². The molecule has 0 saturated carbocycles. The molecule has 3 rings (SSSR count). The molecule has 1 amide bonds. The molecule has 1 aromatic carbocycles. The highest BCUT2D eigenvalue weighted by atomic mass is 19.1. The molecular formula is C18H16FN3O2. The molecule has 0 spiro atoms. The Bertz CT molecular complexity index is 881. The number of nitrogens with zero attached hydrogens (tertiary/aromatic N) is 2. The van der Waals surface area contributed by atoms with Crippen molar-refractivity contribution < 1.29 is 13.6 Å². The second-order valence-electron chi connectivity index (χ2n) is 5.46. The Morgan fingerprint density at radius 1 is 1.17 bits per heavy atom. The van der Waals surface area contributed by atoms with Gasteiger partial charge in [-0.05, 0) is 37.6 Å². The molecule has 0 aliphatic rings. The zero-order valence-corrected chi connectivity index (χ0v) is 13.6. The number of benzene rings is 1. The van der Waals surface area contributed by atoms with E-state index in [1.54, 1.807) is 44.3 Å². The van der Waals surface area contributed by atoms with Gasteiger partial charge in [-0.1, -0.05) is 12.1 Å². The summed E-state index contributed by atoms with van der Waals surface area (Å²) < 4.78 is 19.2. The van der Waals surface area contributed by atoms with Gasteiger partial charge < -0.3 is 9.73 Å². The van der Waals surface area contributed by atoms with Gasteiger partial charge in [-0.3, -0.25) is 4.79 Å². The topological polar surface area (TPSA) is 68.0 Å². The van der Waals surface area contributed by atoms with Crippen molar-refractivity contribution in [2.45, 2.75) is 20.8 Å². The van der Waals surface area contributed by atoms with Crippen molar-refractivity contribution in [3.8, 4) is 11.3 Å². The molecular weight excluding hydrogens is 309 g/mol. The van der Waals surface area contributed by atoms with Gasteiger partial charge in [0, 0.05) is 18.7 Å². The number of nitrogens with one attached hydrogen (secondary N) is 1. The minimum Gasteiger partial charge on any atom is -0.446 e. The van der Waals surface area contributed by atoms with Crippen molar-refractivity contribution >= 4 is 11.7 Å². The van der Waals surface area contributed by atoms with Crippen LogP contribution in [0.2, 0.25) is 0 Å². The van der Waals surface area contributed by atoms with Gasteiger partial charge in [0.1, 0.15) is 23.1 Å². The highest BCUT2D eigenvalue weighted by Gasteiger charge is 2.15. The normalized spacial score (nSPS) is 10.7. The summed E-state index contributed by atoms with van der Waals surface area (Å²) in [4.78, 5) is 20.7. The monoisotopic (exact) mass is 325 g/mol. The van der Waals surface area contributed by atoms with Crippen molar-refractivity contribution in [3.63, 3.8) is 0 Å². The number of hydrogen-bond donors (Lipinski definition) is 1. The Morgan fingerprint density at radius 2 is 1.96 bits per heavy atom. The van der Waals surface area contributed by atoms with Crippen molar-refractivity contribution in [1.82, 2.24) is 9.97 Å². The SMILES string of the molecule is Cc1nc(-c2ccc(NC(=O)c3c(C)cccc3F)nc2)c(C)o1. The fraction of sp³-hybridized carbons (Fsp3) is 0.167. The molecule has 2 aromatic heterocycles. The lowest BCUT2D eigenvalue weighted by Crippen LogP contribution is -2.16. The van der Waals surface area contributed by atoms with E-state index in [-0.39, 0.29) is 5.56 Å². The standard InChI is InChI=1S/C18H16FN3O2/c1-10-5-4-6-14(19)16(10)18(23)22-15-8-7-13(9-20-15)17-11(2)24-12(3)21-17/h4-9H,1-3H3,(H,20,22,23). The second kappa shape index (κ2) is 6.23. The lowest BCUT2D eigenvalue weighted by molar-refractivity contribution is 0.102. The summed E-state index contributed by atoms with van der Waals surface area (Å²) in [6, 6.07) is 7.93. The van der Waals surface area contributed by atoms with E-state index < -0.39 is 11.7 Å². The molecule has 2 heterocycles. The van der Waals surface area contributed by atoms with Crippen LogP contribution in [0.15, 0.2) is 40.9 Å². The Balaban J connectivity index is 1.82.